The standard InChI is InChI=1S/C19H23N7OS.C2HF3O2/c1-9-2-13(26-25-9)21-16-15-17(28-8-20-15)24-18(23-16)22-14-11-3-10-4-12(14)7-19(27,5-10)6-11;3-2(4,5)1(6)7/h2,8,10-12,14,27H,3-7H2,1H3,(H3,21,22,23,24,25,26);(H,6,7). The van der Waals surface area contributed by atoms with E-state index in [2.05, 4.69) is 25.8 Å². The van der Waals surface area contributed by atoms with E-state index in [9.17, 15) is 18.3 Å². The Labute approximate surface area is 201 Å². The van der Waals surface area contributed by atoms with Crippen LogP contribution < -0.4 is 10.6 Å². The Morgan fingerprint density at radius 1 is 1.23 bits per heavy atom. The fraction of sp³-hybridized carbons (Fsp3) is 0.571. The van der Waals surface area contributed by atoms with Crippen molar-refractivity contribution in [2.75, 3.05) is 10.6 Å². The molecule has 0 amide bonds. The van der Waals surface area contributed by atoms with Gasteiger partial charge in [-0.3, -0.25) is 5.10 Å². The number of rotatable bonds is 4. The van der Waals surface area contributed by atoms with Gasteiger partial charge in [-0.25, -0.2) is 14.8 Å². The Morgan fingerprint density at radius 2 is 1.91 bits per heavy atom. The topological polar surface area (TPSA) is 149 Å². The number of alkyl halides is 3. The Kier molecular flexibility index (Phi) is 5.82. The summed E-state index contributed by atoms with van der Waals surface area (Å²) in [4.78, 5) is 23.6. The second kappa shape index (κ2) is 8.59. The van der Waals surface area contributed by atoms with Crippen molar-refractivity contribution in [2.24, 2.45) is 17.8 Å². The normalized spacial score (nSPS) is 29.1. The summed E-state index contributed by atoms with van der Waals surface area (Å²) in [6.45, 7) is 1.96. The number of halogens is 3. The van der Waals surface area contributed by atoms with Crippen molar-refractivity contribution in [3.63, 3.8) is 0 Å². The average molecular weight is 512 g/mol. The number of hydrogen-bond acceptors (Lipinski definition) is 9. The quantitative estimate of drug-likeness (QED) is 0.352. The van der Waals surface area contributed by atoms with Gasteiger partial charge >= 0.3 is 12.1 Å². The second-order valence-electron chi connectivity index (χ2n) is 9.63. The molecule has 4 bridgehead atoms. The highest BCUT2D eigenvalue weighted by molar-refractivity contribution is 7.16. The summed E-state index contributed by atoms with van der Waals surface area (Å²) >= 11 is 1.51. The number of aliphatic carboxylic acids is 1. The highest BCUT2D eigenvalue weighted by atomic mass is 32.1. The third kappa shape index (κ3) is 4.89. The Morgan fingerprint density at radius 3 is 2.49 bits per heavy atom. The molecule has 0 aromatic carbocycles. The Balaban J connectivity index is 0.000000320. The number of nitrogens with one attached hydrogen (secondary N) is 3. The molecule has 0 radical (unpaired) electrons. The van der Waals surface area contributed by atoms with Crippen molar-refractivity contribution in [3.8, 4) is 0 Å². The number of thiazole rings is 1. The summed E-state index contributed by atoms with van der Waals surface area (Å²) in [5.74, 6) is 0.954. The van der Waals surface area contributed by atoms with Crippen LogP contribution in [0.2, 0.25) is 0 Å². The number of aliphatic hydroxyl groups is 1. The summed E-state index contributed by atoms with van der Waals surface area (Å²) in [6, 6.07) is 2.27. The van der Waals surface area contributed by atoms with E-state index < -0.39 is 17.7 Å². The van der Waals surface area contributed by atoms with Crippen molar-refractivity contribution in [3.05, 3.63) is 17.3 Å². The highest BCUT2D eigenvalue weighted by Crippen LogP contribution is 2.56. The third-order valence-electron chi connectivity index (χ3n) is 6.93. The first-order valence-corrected chi connectivity index (χ1v) is 12.1. The van der Waals surface area contributed by atoms with Crippen LogP contribution in [0, 0.1) is 24.7 Å². The number of nitrogens with zero attached hydrogens (tertiary/aromatic N) is 4. The largest absolute Gasteiger partial charge is 0.490 e. The van der Waals surface area contributed by atoms with E-state index in [4.69, 9.17) is 19.9 Å². The fourth-order valence-corrected chi connectivity index (χ4v) is 6.54. The van der Waals surface area contributed by atoms with Crippen molar-refractivity contribution < 1.29 is 28.2 Å². The van der Waals surface area contributed by atoms with Gasteiger partial charge in [0, 0.05) is 17.8 Å². The van der Waals surface area contributed by atoms with Gasteiger partial charge in [-0.05, 0) is 56.8 Å². The van der Waals surface area contributed by atoms with Crippen LogP contribution in [0.25, 0.3) is 10.3 Å². The first-order chi connectivity index (χ1) is 16.5. The molecule has 3 aromatic rings. The molecule has 4 fully saturated rings. The second-order valence-corrected chi connectivity index (χ2v) is 10.5. The lowest BCUT2D eigenvalue weighted by Crippen LogP contribution is -2.59. The number of aromatic amines is 1. The zero-order valence-electron chi connectivity index (χ0n) is 18.6. The fourth-order valence-electron chi connectivity index (χ4n) is 5.88. The van der Waals surface area contributed by atoms with Crippen LogP contribution in [0.4, 0.5) is 30.8 Å². The number of carbonyl (C=O) groups is 1. The van der Waals surface area contributed by atoms with Gasteiger partial charge in [0.15, 0.2) is 16.5 Å². The number of aryl methyl sites for hydroxylation is 1. The van der Waals surface area contributed by atoms with E-state index in [0.717, 1.165) is 35.3 Å². The minimum Gasteiger partial charge on any atom is -0.475 e. The van der Waals surface area contributed by atoms with Gasteiger partial charge in [-0.1, -0.05) is 0 Å². The average Bonchev–Trinajstić information content (AvgIpc) is 3.38. The molecule has 0 spiro atoms. The van der Waals surface area contributed by atoms with Gasteiger partial charge in [-0.2, -0.15) is 23.3 Å². The van der Waals surface area contributed by atoms with E-state index in [0.29, 0.717) is 41.4 Å². The first kappa shape index (κ1) is 23.7. The van der Waals surface area contributed by atoms with E-state index in [-0.39, 0.29) is 0 Å². The molecule has 2 atom stereocenters. The van der Waals surface area contributed by atoms with E-state index in [1.165, 1.54) is 24.2 Å². The summed E-state index contributed by atoms with van der Waals surface area (Å²) < 4.78 is 31.7. The van der Waals surface area contributed by atoms with Crippen LogP contribution in [0.1, 0.15) is 37.8 Å². The molecule has 4 aliphatic carbocycles. The molecule has 10 nitrogen and oxygen atoms in total. The summed E-state index contributed by atoms with van der Waals surface area (Å²) in [5, 5.41) is 32.0. The maximum atomic E-state index is 10.8. The lowest BCUT2D eigenvalue weighted by molar-refractivity contribution is -0.192. The predicted octanol–water partition coefficient (Wildman–Crippen LogP) is 3.85. The predicted molar refractivity (Wildman–Crippen MR) is 121 cm³/mol. The number of H-pyrrole nitrogens is 1. The van der Waals surface area contributed by atoms with Crippen LogP contribution in [0.5, 0.6) is 0 Å². The van der Waals surface area contributed by atoms with Crippen LogP contribution >= 0.6 is 11.3 Å². The SMILES string of the molecule is Cc1cc(Nc2nc(NC3C4CC5CC3CC(O)(C5)C4)nc3scnc23)n[nH]1.O=C(O)C(F)(F)F. The van der Waals surface area contributed by atoms with Gasteiger partial charge in [0.2, 0.25) is 5.95 Å². The molecule has 3 heterocycles. The maximum absolute atomic E-state index is 10.8. The number of aromatic nitrogens is 5. The summed E-state index contributed by atoms with van der Waals surface area (Å²) in [7, 11) is 0. The van der Waals surface area contributed by atoms with Crippen LogP contribution in [0.3, 0.4) is 0 Å². The van der Waals surface area contributed by atoms with Gasteiger partial charge in [0.25, 0.3) is 0 Å². The maximum Gasteiger partial charge on any atom is 0.490 e. The molecular weight excluding hydrogens is 487 g/mol. The van der Waals surface area contributed by atoms with Crippen molar-refractivity contribution in [2.45, 2.75) is 56.8 Å². The summed E-state index contributed by atoms with van der Waals surface area (Å²) in [5.41, 5.74) is 3.11. The number of hydrogen-bond donors (Lipinski definition) is 5. The van der Waals surface area contributed by atoms with E-state index in [1.807, 2.05) is 13.0 Å². The molecule has 5 N–H and O–H groups in total. The molecule has 0 aliphatic heterocycles. The van der Waals surface area contributed by atoms with Gasteiger partial charge in [0.05, 0.1) is 11.1 Å². The van der Waals surface area contributed by atoms with E-state index in [1.54, 1.807) is 5.51 Å². The lowest BCUT2D eigenvalue weighted by atomic mass is 9.52. The van der Waals surface area contributed by atoms with Gasteiger partial charge in [0.1, 0.15) is 5.52 Å². The molecule has 2 unspecified atom stereocenters. The molecular formula is C21H24F3N7O3S. The first-order valence-electron chi connectivity index (χ1n) is 11.2. The number of anilines is 3. The van der Waals surface area contributed by atoms with Crippen molar-refractivity contribution >= 4 is 45.2 Å². The van der Waals surface area contributed by atoms with Crippen molar-refractivity contribution in [1.82, 2.24) is 25.1 Å². The molecule has 4 aliphatic rings. The smallest absolute Gasteiger partial charge is 0.475 e. The third-order valence-corrected chi connectivity index (χ3v) is 7.65. The Bertz CT molecular complexity index is 1230. The number of carboxylic acid groups (broad SMARTS) is 1. The van der Waals surface area contributed by atoms with Gasteiger partial charge < -0.3 is 20.8 Å². The highest BCUT2D eigenvalue weighted by Gasteiger charge is 2.54. The molecule has 3 aromatic heterocycles. The molecule has 14 heteroatoms. The Hall–Kier alpha value is -3.00. The summed E-state index contributed by atoms with van der Waals surface area (Å²) in [6.07, 6.45) is 0.122. The number of fused-ring (bicyclic) bond motifs is 1. The minimum atomic E-state index is -5.08. The number of carboxylic acids is 1. The van der Waals surface area contributed by atoms with Gasteiger partial charge in [-0.15, -0.1) is 11.3 Å². The van der Waals surface area contributed by atoms with Crippen LogP contribution in [-0.4, -0.2) is 59.2 Å². The monoisotopic (exact) mass is 511 g/mol. The molecule has 188 valence electrons. The zero-order valence-corrected chi connectivity index (χ0v) is 19.4. The zero-order chi connectivity index (χ0) is 25.0. The van der Waals surface area contributed by atoms with Crippen molar-refractivity contribution in [1.29, 1.82) is 0 Å². The molecule has 4 saturated carbocycles. The molecule has 7 rings (SSSR count). The molecule has 35 heavy (non-hydrogen) atoms. The van der Waals surface area contributed by atoms with E-state index >= 15 is 0 Å². The van der Waals surface area contributed by atoms with Crippen LogP contribution in [-0.2, 0) is 4.79 Å². The van der Waals surface area contributed by atoms with Crippen LogP contribution in [0.15, 0.2) is 11.6 Å². The minimum absolute atomic E-state index is 0.336. The lowest BCUT2D eigenvalue weighted by Gasteiger charge is -2.58. The molecule has 0 saturated heterocycles.